The second-order valence-electron chi connectivity index (χ2n) is 9.96. The second kappa shape index (κ2) is 9.73. The molecular weight excluding hydrogens is 525 g/mol. The molecule has 1 saturated heterocycles. The number of nitrogens with zero attached hydrogens (tertiary/aromatic N) is 7. The Hall–Kier alpha value is -3.83. The summed E-state index contributed by atoms with van der Waals surface area (Å²) in [6, 6.07) is 6.23. The largest absolute Gasteiger partial charge is 0.395 e. The Morgan fingerprint density at radius 1 is 1.13 bits per heavy atom. The summed E-state index contributed by atoms with van der Waals surface area (Å²) < 4.78 is 24.8. The Kier molecular flexibility index (Phi) is 6.04. The van der Waals surface area contributed by atoms with E-state index in [4.69, 9.17) is 31.1 Å². The summed E-state index contributed by atoms with van der Waals surface area (Å²) in [6.07, 6.45) is 5.85. The molecule has 0 bridgehead atoms. The third-order valence-electron chi connectivity index (χ3n) is 7.41. The van der Waals surface area contributed by atoms with Crippen LogP contribution in [0.1, 0.15) is 30.3 Å². The van der Waals surface area contributed by atoms with E-state index in [1.54, 1.807) is 29.0 Å². The minimum absolute atomic E-state index is 0.128. The first-order chi connectivity index (χ1) is 19.0. The van der Waals surface area contributed by atoms with E-state index in [-0.39, 0.29) is 22.2 Å². The summed E-state index contributed by atoms with van der Waals surface area (Å²) >= 11 is 6.03. The van der Waals surface area contributed by atoms with Crippen molar-refractivity contribution in [1.29, 1.82) is 0 Å². The number of hydrogen-bond donors (Lipinski definition) is 0. The van der Waals surface area contributed by atoms with Crippen molar-refractivity contribution in [2.75, 3.05) is 31.2 Å². The number of oxime groups is 1. The predicted octanol–water partition coefficient (Wildman–Crippen LogP) is 3.75. The average Bonchev–Trinajstić information content (AvgIpc) is 3.72. The fraction of sp³-hybridized carbons (Fsp3) is 0.370. The van der Waals surface area contributed by atoms with Crippen molar-refractivity contribution in [2.24, 2.45) is 5.16 Å². The summed E-state index contributed by atoms with van der Waals surface area (Å²) in [6.45, 7) is 3.33. The molecule has 12 heteroatoms. The van der Waals surface area contributed by atoms with Gasteiger partial charge in [-0.3, -0.25) is 14.0 Å². The van der Waals surface area contributed by atoms with Crippen LogP contribution in [0, 0.1) is 5.82 Å². The van der Waals surface area contributed by atoms with E-state index in [1.165, 1.54) is 6.07 Å². The molecule has 0 radical (unpaired) electrons. The number of rotatable bonds is 5. The van der Waals surface area contributed by atoms with Crippen molar-refractivity contribution >= 4 is 34.0 Å². The molecule has 200 valence electrons. The highest BCUT2D eigenvalue weighted by Crippen LogP contribution is 2.33. The van der Waals surface area contributed by atoms with Crippen LogP contribution in [-0.4, -0.2) is 56.3 Å². The first kappa shape index (κ1) is 24.2. The summed E-state index contributed by atoms with van der Waals surface area (Å²) in [5.74, 6) is 0.763. The number of morpholine rings is 1. The minimum Gasteiger partial charge on any atom is -0.395 e. The van der Waals surface area contributed by atoms with E-state index in [0.717, 1.165) is 24.1 Å². The van der Waals surface area contributed by atoms with Crippen LogP contribution in [0.2, 0.25) is 5.02 Å². The highest BCUT2D eigenvalue weighted by molar-refractivity contribution is 6.30. The molecule has 3 aromatic heterocycles. The molecule has 1 fully saturated rings. The SMILES string of the molecule is O=c1c2cc(N3CCO[C@@H](c4cnn(CC5=NOCC5)c4)C3)nc(-c3ccc(Cl)cc3F)c2nc2n1CCC2. The van der Waals surface area contributed by atoms with E-state index in [0.29, 0.717) is 74.1 Å². The molecule has 0 amide bonds. The van der Waals surface area contributed by atoms with Crippen LogP contribution in [0.5, 0.6) is 0 Å². The quantitative estimate of drug-likeness (QED) is 0.374. The third kappa shape index (κ3) is 4.45. The molecule has 4 aromatic rings. The van der Waals surface area contributed by atoms with Gasteiger partial charge in [-0.25, -0.2) is 14.4 Å². The zero-order valence-electron chi connectivity index (χ0n) is 21.0. The standard InChI is InChI=1S/C27H25ClFN7O3/c28-17-3-4-19(21(29)10-17)25-26-20(27(37)36-6-1-2-23(36)31-26)11-24(32-25)34-7-9-38-22(15-34)16-12-30-35(13-16)14-18-5-8-39-33-18/h3-4,10-13,22H,1-2,5-9,14-15H2/t22-/m1/s1. The highest BCUT2D eigenvalue weighted by atomic mass is 35.5. The van der Waals surface area contributed by atoms with Gasteiger partial charge >= 0.3 is 0 Å². The number of ether oxygens (including phenoxy) is 1. The van der Waals surface area contributed by atoms with Gasteiger partial charge in [0.2, 0.25) is 0 Å². The summed E-state index contributed by atoms with van der Waals surface area (Å²) in [7, 11) is 0. The minimum atomic E-state index is -0.514. The van der Waals surface area contributed by atoms with E-state index in [2.05, 4.69) is 15.2 Å². The number of fused-ring (bicyclic) bond motifs is 2. The highest BCUT2D eigenvalue weighted by Gasteiger charge is 2.27. The van der Waals surface area contributed by atoms with E-state index >= 15 is 4.39 Å². The molecule has 6 heterocycles. The lowest BCUT2D eigenvalue weighted by Crippen LogP contribution is -2.39. The molecular formula is C27H25ClFN7O3. The van der Waals surface area contributed by atoms with Gasteiger partial charge < -0.3 is 14.5 Å². The van der Waals surface area contributed by atoms with Crippen LogP contribution in [-0.2, 0) is 29.1 Å². The molecule has 0 unspecified atom stereocenters. The topological polar surface area (TPSA) is 99.7 Å². The zero-order valence-corrected chi connectivity index (χ0v) is 21.8. The van der Waals surface area contributed by atoms with Crippen LogP contribution in [0.3, 0.4) is 0 Å². The van der Waals surface area contributed by atoms with Crippen LogP contribution in [0.4, 0.5) is 10.2 Å². The normalized spacial score (nSPS) is 18.9. The lowest BCUT2D eigenvalue weighted by Gasteiger charge is -2.33. The van der Waals surface area contributed by atoms with Gasteiger partial charge in [-0.1, -0.05) is 16.8 Å². The Morgan fingerprint density at radius 2 is 2.05 bits per heavy atom. The van der Waals surface area contributed by atoms with Gasteiger partial charge in [-0.05, 0) is 30.7 Å². The monoisotopic (exact) mass is 549 g/mol. The Bertz CT molecular complexity index is 1680. The summed E-state index contributed by atoms with van der Waals surface area (Å²) in [4.78, 5) is 30.3. The maximum absolute atomic E-state index is 15.1. The van der Waals surface area contributed by atoms with Crippen molar-refractivity contribution in [2.45, 2.75) is 38.5 Å². The molecule has 1 aromatic carbocycles. The maximum atomic E-state index is 15.1. The third-order valence-corrected chi connectivity index (χ3v) is 7.65. The van der Waals surface area contributed by atoms with E-state index in [1.807, 2.05) is 10.9 Å². The number of aromatic nitrogens is 5. The van der Waals surface area contributed by atoms with Gasteiger partial charge in [-0.15, -0.1) is 0 Å². The fourth-order valence-electron chi connectivity index (χ4n) is 5.43. The number of hydrogen-bond acceptors (Lipinski definition) is 8. The molecule has 7 rings (SSSR count). The number of aryl methyl sites for hydroxylation is 1. The fourth-order valence-corrected chi connectivity index (χ4v) is 5.59. The molecule has 0 N–H and O–H groups in total. The van der Waals surface area contributed by atoms with E-state index in [9.17, 15) is 4.79 Å². The average molecular weight is 550 g/mol. The predicted molar refractivity (Wildman–Crippen MR) is 144 cm³/mol. The van der Waals surface area contributed by atoms with Crippen LogP contribution < -0.4 is 10.5 Å². The van der Waals surface area contributed by atoms with Crippen LogP contribution >= 0.6 is 11.6 Å². The van der Waals surface area contributed by atoms with Crippen molar-refractivity contribution in [3.63, 3.8) is 0 Å². The summed E-state index contributed by atoms with van der Waals surface area (Å²) in [5.41, 5.74) is 2.75. The lowest BCUT2D eigenvalue weighted by molar-refractivity contribution is 0.0395. The molecule has 10 nitrogen and oxygen atoms in total. The molecule has 0 spiro atoms. The van der Waals surface area contributed by atoms with Crippen LogP contribution in [0.25, 0.3) is 22.2 Å². The van der Waals surface area contributed by atoms with Gasteiger partial charge in [0.15, 0.2) is 0 Å². The van der Waals surface area contributed by atoms with Crippen molar-refractivity contribution in [3.8, 4) is 11.3 Å². The smallest absolute Gasteiger partial charge is 0.261 e. The number of halogens is 2. The van der Waals surface area contributed by atoms with Gasteiger partial charge in [0.05, 0.1) is 30.4 Å². The van der Waals surface area contributed by atoms with Crippen molar-refractivity contribution in [3.05, 3.63) is 69.2 Å². The zero-order chi connectivity index (χ0) is 26.5. The number of pyridine rings is 1. The lowest BCUT2D eigenvalue weighted by atomic mass is 10.1. The van der Waals surface area contributed by atoms with Crippen LogP contribution in [0.15, 0.2) is 46.6 Å². The second-order valence-corrected chi connectivity index (χ2v) is 10.4. The first-order valence-corrected chi connectivity index (χ1v) is 13.4. The van der Waals surface area contributed by atoms with E-state index < -0.39 is 5.82 Å². The molecule has 39 heavy (non-hydrogen) atoms. The Morgan fingerprint density at radius 3 is 2.90 bits per heavy atom. The van der Waals surface area contributed by atoms with Gasteiger partial charge in [0.1, 0.15) is 41.4 Å². The Balaban J connectivity index is 1.27. The maximum Gasteiger partial charge on any atom is 0.261 e. The van der Waals surface area contributed by atoms with Crippen molar-refractivity contribution in [1.82, 2.24) is 24.3 Å². The number of anilines is 1. The van der Waals surface area contributed by atoms with Gasteiger partial charge in [-0.2, -0.15) is 5.10 Å². The summed E-state index contributed by atoms with van der Waals surface area (Å²) in [5, 5.41) is 9.22. The molecule has 0 saturated carbocycles. The van der Waals surface area contributed by atoms with Gasteiger partial charge in [0.25, 0.3) is 5.56 Å². The molecule has 3 aliphatic rings. The number of benzene rings is 1. The van der Waals surface area contributed by atoms with Crippen molar-refractivity contribution < 1.29 is 14.0 Å². The molecule has 0 aliphatic carbocycles. The molecule has 3 aliphatic heterocycles. The Labute approximate surface area is 227 Å². The van der Waals surface area contributed by atoms with Gasteiger partial charge in [0, 0.05) is 54.8 Å². The first-order valence-electron chi connectivity index (χ1n) is 13.0. The molecule has 1 atom stereocenters.